The Kier molecular flexibility index (Phi) is 7.65. The summed E-state index contributed by atoms with van der Waals surface area (Å²) in [5.41, 5.74) is 2.73. The summed E-state index contributed by atoms with van der Waals surface area (Å²) in [6.45, 7) is 5.07. The minimum Gasteiger partial charge on any atom is -0.480 e. The first-order valence-electron chi connectivity index (χ1n) is 11.3. The Morgan fingerprint density at radius 1 is 1.03 bits per heavy atom. The number of thiophene rings is 1. The van der Waals surface area contributed by atoms with Crippen LogP contribution in [0, 0.1) is 13.8 Å². The van der Waals surface area contributed by atoms with Gasteiger partial charge in [0.2, 0.25) is 0 Å². The number of amides is 1. The number of nitrogens with zero attached hydrogens (tertiary/aromatic N) is 2. The summed E-state index contributed by atoms with van der Waals surface area (Å²) in [6, 6.07) is 12.8. The molecule has 186 valence electrons. The average Bonchev–Trinajstić information content (AvgIpc) is 3.41. The number of fused-ring (bicyclic) bond motifs is 1. The fraction of sp³-hybridized carbons (Fsp3) is 0.231. The van der Waals surface area contributed by atoms with E-state index in [1.54, 1.807) is 30.4 Å². The third-order valence-corrected chi connectivity index (χ3v) is 6.39. The molecule has 0 aliphatic rings. The van der Waals surface area contributed by atoms with E-state index >= 15 is 0 Å². The number of anilines is 1. The second kappa shape index (κ2) is 11.0. The van der Waals surface area contributed by atoms with Crippen molar-refractivity contribution < 1.29 is 28.6 Å². The zero-order chi connectivity index (χ0) is 25.7. The summed E-state index contributed by atoms with van der Waals surface area (Å²) < 4.78 is 18.1. The van der Waals surface area contributed by atoms with Gasteiger partial charge in [0.25, 0.3) is 5.91 Å². The number of rotatable bonds is 9. The third kappa shape index (κ3) is 5.55. The summed E-state index contributed by atoms with van der Waals surface area (Å²) in [7, 11) is 0. The predicted octanol–water partition coefficient (Wildman–Crippen LogP) is 4.56. The number of nitrogens with one attached hydrogen (secondary N) is 1. The topological polar surface area (TPSA) is 108 Å². The second-order valence-electron chi connectivity index (χ2n) is 7.86. The number of hydrogen-bond acceptors (Lipinski definition) is 8. The molecule has 3 heterocycles. The highest BCUT2D eigenvalue weighted by Gasteiger charge is 2.27. The molecule has 1 aromatic carbocycles. The summed E-state index contributed by atoms with van der Waals surface area (Å²) in [5, 5.41) is 2.88. The van der Waals surface area contributed by atoms with Crippen molar-refractivity contribution >= 4 is 39.8 Å². The Morgan fingerprint density at radius 3 is 2.56 bits per heavy atom. The van der Waals surface area contributed by atoms with Crippen LogP contribution in [0.1, 0.15) is 43.8 Å². The van der Waals surface area contributed by atoms with E-state index in [0.29, 0.717) is 17.0 Å². The molecule has 4 aromatic rings. The van der Waals surface area contributed by atoms with Gasteiger partial charge in [-0.15, -0.1) is 11.3 Å². The van der Waals surface area contributed by atoms with Crippen LogP contribution in [0.5, 0.6) is 5.75 Å². The lowest BCUT2D eigenvalue weighted by atomic mass is 10.1. The van der Waals surface area contributed by atoms with Gasteiger partial charge in [-0.1, -0.05) is 30.3 Å². The van der Waals surface area contributed by atoms with Gasteiger partial charge in [0.05, 0.1) is 17.9 Å². The Hall–Kier alpha value is -4.18. The van der Waals surface area contributed by atoms with Crippen molar-refractivity contribution in [3.63, 3.8) is 0 Å². The molecule has 4 rings (SSSR count). The molecule has 0 fully saturated rings. The van der Waals surface area contributed by atoms with E-state index in [0.717, 1.165) is 22.6 Å². The molecule has 0 aliphatic carbocycles. The molecule has 0 bridgehead atoms. The van der Waals surface area contributed by atoms with Crippen LogP contribution in [0.15, 0.2) is 54.9 Å². The van der Waals surface area contributed by atoms with Gasteiger partial charge >= 0.3 is 11.9 Å². The predicted molar refractivity (Wildman–Crippen MR) is 135 cm³/mol. The number of benzene rings is 1. The van der Waals surface area contributed by atoms with Gasteiger partial charge in [-0.05, 0) is 44.0 Å². The SMILES string of the molecule is CCOC(=O)c1c(NC(=O)COc2cccn3cc(C)nc23)sc(C(=O)OCc2ccccc2)c1C. The van der Waals surface area contributed by atoms with Gasteiger partial charge in [0, 0.05) is 12.4 Å². The van der Waals surface area contributed by atoms with Crippen LogP contribution in [0.3, 0.4) is 0 Å². The van der Waals surface area contributed by atoms with Gasteiger partial charge in [-0.2, -0.15) is 0 Å². The van der Waals surface area contributed by atoms with Crippen molar-refractivity contribution in [1.29, 1.82) is 0 Å². The summed E-state index contributed by atoms with van der Waals surface area (Å²) in [6.07, 6.45) is 3.68. The molecular weight excluding hydrogens is 482 g/mol. The van der Waals surface area contributed by atoms with Crippen molar-refractivity contribution in [1.82, 2.24) is 9.38 Å². The van der Waals surface area contributed by atoms with Gasteiger partial charge < -0.3 is 23.9 Å². The fourth-order valence-corrected chi connectivity index (χ4v) is 4.67. The first-order chi connectivity index (χ1) is 17.4. The van der Waals surface area contributed by atoms with Crippen LogP contribution in [-0.4, -0.2) is 40.4 Å². The number of esters is 2. The van der Waals surface area contributed by atoms with Crippen molar-refractivity contribution in [2.75, 3.05) is 18.5 Å². The molecule has 10 heteroatoms. The Bertz CT molecular complexity index is 1410. The largest absolute Gasteiger partial charge is 0.480 e. The molecule has 36 heavy (non-hydrogen) atoms. The van der Waals surface area contributed by atoms with Crippen molar-refractivity contribution in [2.24, 2.45) is 0 Å². The number of aromatic nitrogens is 2. The standard InChI is InChI=1S/C26H25N3O6S/c1-4-33-25(31)21-17(3)22(26(32)35-14-18-9-6-5-7-10-18)36-24(21)28-20(30)15-34-19-11-8-12-29-13-16(2)27-23(19)29/h5-13H,4,14-15H2,1-3H3,(H,28,30). The lowest BCUT2D eigenvalue weighted by Gasteiger charge is -2.09. The second-order valence-corrected chi connectivity index (χ2v) is 8.89. The van der Waals surface area contributed by atoms with Crippen LogP contribution < -0.4 is 10.1 Å². The molecule has 0 radical (unpaired) electrons. The molecule has 0 unspecified atom stereocenters. The van der Waals surface area contributed by atoms with E-state index in [-0.39, 0.29) is 35.3 Å². The van der Waals surface area contributed by atoms with E-state index in [4.69, 9.17) is 14.2 Å². The van der Waals surface area contributed by atoms with Gasteiger partial charge in [-0.3, -0.25) is 4.79 Å². The van der Waals surface area contributed by atoms with E-state index in [1.165, 1.54) is 0 Å². The van der Waals surface area contributed by atoms with Crippen LogP contribution in [0.4, 0.5) is 5.00 Å². The average molecular weight is 508 g/mol. The minimum atomic E-state index is -0.637. The highest BCUT2D eigenvalue weighted by Crippen LogP contribution is 2.34. The van der Waals surface area contributed by atoms with Gasteiger partial charge in [-0.25, -0.2) is 14.6 Å². The number of carbonyl (C=O) groups is 3. The summed E-state index contributed by atoms with van der Waals surface area (Å²) in [5.74, 6) is -1.29. The minimum absolute atomic E-state index is 0.0834. The molecule has 0 saturated carbocycles. The van der Waals surface area contributed by atoms with Crippen molar-refractivity contribution in [3.05, 3.63) is 82.1 Å². The fourth-order valence-electron chi connectivity index (χ4n) is 3.56. The highest BCUT2D eigenvalue weighted by atomic mass is 32.1. The molecule has 1 N–H and O–H groups in total. The van der Waals surface area contributed by atoms with E-state index in [2.05, 4.69) is 10.3 Å². The van der Waals surface area contributed by atoms with Gasteiger partial charge in [0.1, 0.15) is 16.5 Å². The molecule has 0 aliphatic heterocycles. The molecule has 3 aromatic heterocycles. The normalized spacial score (nSPS) is 10.8. The van der Waals surface area contributed by atoms with Gasteiger partial charge in [0.15, 0.2) is 18.0 Å². The maximum absolute atomic E-state index is 12.8. The maximum Gasteiger partial charge on any atom is 0.349 e. The van der Waals surface area contributed by atoms with E-state index < -0.39 is 17.8 Å². The number of ether oxygens (including phenoxy) is 3. The van der Waals surface area contributed by atoms with E-state index in [1.807, 2.05) is 49.6 Å². The molecule has 9 nitrogen and oxygen atoms in total. The van der Waals surface area contributed by atoms with Crippen LogP contribution in [0.25, 0.3) is 5.65 Å². The molecular formula is C26H25N3O6S. The number of imidazole rings is 1. The lowest BCUT2D eigenvalue weighted by molar-refractivity contribution is -0.118. The highest BCUT2D eigenvalue weighted by molar-refractivity contribution is 7.18. The number of aryl methyl sites for hydroxylation is 1. The molecule has 0 saturated heterocycles. The zero-order valence-electron chi connectivity index (χ0n) is 20.1. The first-order valence-corrected chi connectivity index (χ1v) is 12.1. The zero-order valence-corrected chi connectivity index (χ0v) is 20.9. The Balaban J connectivity index is 1.50. The van der Waals surface area contributed by atoms with Crippen LogP contribution in [0.2, 0.25) is 0 Å². The van der Waals surface area contributed by atoms with E-state index in [9.17, 15) is 14.4 Å². The monoisotopic (exact) mass is 507 g/mol. The van der Waals surface area contributed by atoms with Crippen molar-refractivity contribution in [2.45, 2.75) is 27.4 Å². The first kappa shape index (κ1) is 24.9. The maximum atomic E-state index is 12.8. The molecule has 0 atom stereocenters. The lowest BCUT2D eigenvalue weighted by Crippen LogP contribution is -2.21. The quantitative estimate of drug-likeness (QED) is 0.331. The number of carbonyl (C=O) groups excluding carboxylic acids is 3. The third-order valence-electron chi connectivity index (χ3n) is 5.20. The molecule has 0 spiro atoms. The Morgan fingerprint density at radius 2 is 1.81 bits per heavy atom. The van der Waals surface area contributed by atoms with Crippen LogP contribution in [-0.2, 0) is 20.9 Å². The summed E-state index contributed by atoms with van der Waals surface area (Å²) >= 11 is 0.960. The van der Waals surface area contributed by atoms with Crippen LogP contribution >= 0.6 is 11.3 Å². The number of hydrogen-bond donors (Lipinski definition) is 1. The number of pyridine rings is 1. The van der Waals surface area contributed by atoms with Crippen molar-refractivity contribution in [3.8, 4) is 5.75 Å². The molecule has 1 amide bonds. The smallest absolute Gasteiger partial charge is 0.349 e. The summed E-state index contributed by atoms with van der Waals surface area (Å²) in [4.78, 5) is 42.8. The Labute approximate surface area is 211 Å².